The molecule has 6 rings (SSSR count). The SMILES string of the molecule is O=C(C1=C[C@@H]2[C@@H]3C(=O)N(c4cccc(Cl)c4)C(=O)[C@@H]3[C@H](C(=O)c3ccc(Cl)cc3)N2C=C1)c1ccccc1. The molecule has 0 bridgehead atoms. The van der Waals surface area contributed by atoms with E-state index in [9.17, 15) is 19.2 Å². The van der Waals surface area contributed by atoms with Crippen molar-refractivity contribution in [3.8, 4) is 0 Å². The number of carbonyl (C=O) groups is 4. The Hall–Kier alpha value is -4.00. The summed E-state index contributed by atoms with van der Waals surface area (Å²) in [5, 5.41) is 0.861. The molecule has 0 aliphatic carbocycles. The Balaban J connectivity index is 1.44. The van der Waals surface area contributed by atoms with Gasteiger partial charge in [-0.2, -0.15) is 0 Å². The number of rotatable bonds is 5. The van der Waals surface area contributed by atoms with Crippen molar-refractivity contribution in [1.29, 1.82) is 0 Å². The van der Waals surface area contributed by atoms with Gasteiger partial charge in [0.2, 0.25) is 11.8 Å². The molecular weight excluding hydrogens is 523 g/mol. The highest BCUT2D eigenvalue weighted by molar-refractivity contribution is 6.32. The van der Waals surface area contributed by atoms with Crippen molar-refractivity contribution >= 4 is 52.3 Å². The molecule has 38 heavy (non-hydrogen) atoms. The molecule has 3 aromatic rings. The van der Waals surface area contributed by atoms with E-state index in [2.05, 4.69) is 0 Å². The zero-order valence-electron chi connectivity index (χ0n) is 19.8. The highest BCUT2D eigenvalue weighted by atomic mass is 35.5. The Morgan fingerprint density at radius 2 is 1.45 bits per heavy atom. The number of anilines is 1. The molecule has 188 valence electrons. The van der Waals surface area contributed by atoms with Gasteiger partial charge in [0, 0.05) is 32.9 Å². The third kappa shape index (κ3) is 3.88. The minimum atomic E-state index is -0.943. The number of halogens is 2. The first-order valence-electron chi connectivity index (χ1n) is 12.1. The Bertz CT molecular complexity index is 1550. The van der Waals surface area contributed by atoms with Crippen molar-refractivity contribution in [2.75, 3.05) is 4.90 Å². The van der Waals surface area contributed by atoms with E-state index in [0.29, 0.717) is 32.4 Å². The highest BCUT2D eigenvalue weighted by Crippen LogP contribution is 2.47. The number of hydrogen-bond donors (Lipinski definition) is 0. The summed E-state index contributed by atoms with van der Waals surface area (Å²) in [7, 11) is 0. The largest absolute Gasteiger partial charge is 0.359 e. The monoisotopic (exact) mass is 542 g/mol. The topological polar surface area (TPSA) is 74.8 Å². The van der Waals surface area contributed by atoms with Gasteiger partial charge in [-0.15, -0.1) is 0 Å². The van der Waals surface area contributed by atoms with Crippen LogP contribution in [0.25, 0.3) is 0 Å². The second-order valence-corrected chi connectivity index (χ2v) is 10.3. The normalized spacial score (nSPS) is 23.8. The fourth-order valence-corrected chi connectivity index (χ4v) is 5.92. The Kier molecular flexibility index (Phi) is 6.01. The third-order valence-corrected chi connectivity index (χ3v) is 7.80. The lowest BCUT2D eigenvalue weighted by Crippen LogP contribution is -2.46. The van der Waals surface area contributed by atoms with Crippen LogP contribution in [0, 0.1) is 11.8 Å². The molecule has 4 atom stereocenters. The van der Waals surface area contributed by atoms with E-state index in [-0.39, 0.29) is 11.6 Å². The average molecular weight is 543 g/mol. The number of benzene rings is 3. The predicted molar refractivity (Wildman–Crippen MR) is 144 cm³/mol. The van der Waals surface area contributed by atoms with Crippen molar-refractivity contribution in [2.45, 2.75) is 12.1 Å². The minimum absolute atomic E-state index is 0.200. The predicted octanol–water partition coefficient (Wildman–Crippen LogP) is 5.37. The van der Waals surface area contributed by atoms with Gasteiger partial charge in [0.1, 0.15) is 6.04 Å². The second-order valence-electron chi connectivity index (χ2n) is 9.43. The van der Waals surface area contributed by atoms with Crippen molar-refractivity contribution in [2.24, 2.45) is 11.8 Å². The lowest BCUT2D eigenvalue weighted by atomic mass is 9.85. The summed E-state index contributed by atoms with van der Waals surface area (Å²) in [6, 6.07) is 20.2. The van der Waals surface area contributed by atoms with Gasteiger partial charge in [0.15, 0.2) is 11.6 Å². The quantitative estimate of drug-likeness (QED) is 0.320. The molecule has 3 aliphatic rings. The summed E-state index contributed by atoms with van der Waals surface area (Å²) < 4.78 is 0. The van der Waals surface area contributed by atoms with E-state index in [1.165, 1.54) is 0 Å². The van der Waals surface area contributed by atoms with Gasteiger partial charge in [-0.25, -0.2) is 4.90 Å². The molecule has 6 nitrogen and oxygen atoms in total. The first-order chi connectivity index (χ1) is 18.3. The average Bonchev–Trinajstić information content (AvgIpc) is 3.40. The second kappa shape index (κ2) is 9.39. The van der Waals surface area contributed by atoms with Crippen LogP contribution in [-0.2, 0) is 9.59 Å². The summed E-state index contributed by atoms with van der Waals surface area (Å²) in [4.78, 5) is 57.6. The molecule has 3 aliphatic heterocycles. The fourth-order valence-electron chi connectivity index (χ4n) is 5.61. The number of imide groups is 1. The molecule has 2 saturated heterocycles. The van der Waals surface area contributed by atoms with Gasteiger partial charge >= 0.3 is 0 Å². The maximum Gasteiger partial charge on any atom is 0.240 e. The number of Topliss-reactive ketones (excluding diaryl/α,β-unsaturated/α-hetero) is 2. The Morgan fingerprint density at radius 3 is 2.16 bits per heavy atom. The maximum atomic E-state index is 13.8. The number of allylic oxidation sites excluding steroid dienone is 2. The van der Waals surface area contributed by atoms with Gasteiger partial charge < -0.3 is 4.90 Å². The molecule has 0 spiro atoms. The van der Waals surface area contributed by atoms with Crippen LogP contribution in [0.5, 0.6) is 0 Å². The van der Waals surface area contributed by atoms with Crippen molar-refractivity contribution < 1.29 is 19.2 Å². The number of fused-ring (bicyclic) bond motifs is 3. The van der Waals surface area contributed by atoms with Crippen LogP contribution in [0.15, 0.2) is 103 Å². The van der Waals surface area contributed by atoms with E-state index in [1.54, 1.807) is 96.0 Å². The zero-order chi connectivity index (χ0) is 26.6. The smallest absolute Gasteiger partial charge is 0.240 e. The van der Waals surface area contributed by atoms with Crippen molar-refractivity contribution in [3.05, 3.63) is 124 Å². The molecule has 0 radical (unpaired) electrons. The number of ketones is 2. The lowest BCUT2D eigenvalue weighted by molar-refractivity contribution is -0.123. The van der Waals surface area contributed by atoms with E-state index >= 15 is 0 Å². The van der Waals surface area contributed by atoms with Crippen LogP contribution in [0.4, 0.5) is 5.69 Å². The van der Waals surface area contributed by atoms with Crippen LogP contribution in [0.2, 0.25) is 10.0 Å². The first kappa shape index (κ1) is 24.3. The molecule has 0 aromatic heterocycles. The fraction of sp³-hybridized carbons (Fsp3) is 0.133. The van der Waals surface area contributed by atoms with Gasteiger partial charge in [0.25, 0.3) is 0 Å². The van der Waals surface area contributed by atoms with Crippen LogP contribution in [-0.4, -0.2) is 40.4 Å². The van der Waals surface area contributed by atoms with Crippen LogP contribution in [0.1, 0.15) is 20.7 Å². The standard InChI is InChI=1S/C30H20Cl2N2O4/c31-20-11-9-18(10-12-20)28(36)26-25-24(29(37)34(30(25)38)22-8-4-7-21(32)16-22)23-15-19(13-14-33(23)26)27(35)17-5-2-1-3-6-17/h1-16,23-26H/t23-,24+,25+,26-/m1/s1. The Labute approximate surface area is 228 Å². The molecule has 3 heterocycles. The summed E-state index contributed by atoms with van der Waals surface area (Å²) in [5.74, 6) is -3.20. The van der Waals surface area contributed by atoms with E-state index in [4.69, 9.17) is 23.2 Å². The number of amides is 2. The molecule has 0 N–H and O–H groups in total. The van der Waals surface area contributed by atoms with Gasteiger partial charge in [-0.05, 0) is 48.5 Å². The van der Waals surface area contributed by atoms with Gasteiger partial charge in [-0.3, -0.25) is 19.2 Å². The van der Waals surface area contributed by atoms with Gasteiger partial charge in [0.05, 0.1) is 23.6 Å². The summed E-state index contributed by atoms with van der Waals surface area (Å²) in [6.07, 6.45) is 5.00. The van der Waals surface area contributed by atoms with Crippen molar-refractivity contribution in [3.63, 3.8) is 0 Å². The maximum absolute atomic E-state index is 13.8. The number of hydrogen-bond acceptors (Lipinski definition) is 5. The molecule has 0 unspecified atom stereocenters. The van der Waals surface area contributed by atoms with E-state index in [0.717, 1.165) is 4.90 Å². The minimum Gasteiger partial charge on any atom is -0.359 e. The lowest BCUT2D eigenvalue weighted by Gasteiger charge is -2.32. The van der Waals surface area contributed by atoms with E-state index < -0.39 is 35.7 Å². The molecular formula is C30H20Cl2N2O4. The number of carbonyl (C=O) groups excluding carboxylic acids is 4. The van der Waals surface area contributed by atoms with Crippen molar-refractivity contribution in [1.82, 2.24) is 4.90 Å². The molecule has 0 saturated carbocycles. The molecule has 8 heteroatoms. The Morgan fingerprint density at radius 1 is 0.737 bits per heavy atom. The zero-order valence-corrected chi connectivity index (χ0v) is 21.3. The number of nitrogens with zero attached hydrogens (tertiary/aromatic N) is 2. The molecule has 2 fully saturated rings. The van der Waals surface area contributed by atoms with Crippen LogP contribution >= 0.6 is 23.2 Å². The van der Waals surface area contributed by atoms with E-state index in [1.807, 2.05) is 6.07 Å². The summed E-state index contributed by atoms with van der Waals surface area (Å²) in [5.41, 5.74) is 1.64. The summed E-state index contributed by atoms with van der Waals surface area (Å²) >= 11 is 12.2. The third-order valence-electron chi connectivity index (χ3n) is 7.31. The first-order valence-corrected chi connectivity index (χ1v) is 12.8. The molecule has 2 amide bonds. The highest BCUT2D eigenvalue weighted by Gasteiger charge is 2.63. The summed E-state index contributed by atoms with van der Waals surface area (Å²) in [6.45, 7) is 0. The molecule has 3 aromatic carbocycles. The van der Waals surface area contributed by atoms with Crippen LogP contribution in [0.3, 0.4) is 0 Å². The van der Waals surface area contributed by atoms with Gasteiger partial charge in [-0.1, -0.05) is 65.7 Å². The van der Waals surface area contributed by atoms with Crippen LogP contribution < -0.4 is 4.90 Å².